The highest BCUT2D eigenvalue weighted by Crippen LogP contribution is 2.11. The quantitative estimate of drug-likeness (QED) is 0.717. The molecule has 2 rings (SSSR count). The van der Waals surface area contributed by atoms with Crippen LogP contribution < -0.4 is 4.74 Å². The van der Waals surface area contributed by atoms with Gasteiger partial charge in [-0.15, -0.1) is 0 Å². The number of benzene rings is 1. The molecular formula is C15H19NO3. The molecule has 4 heteroatoms. The van der Waals surface area contributed by atoms with Crippen LogP contribution in [0.3, 0.4) is 0 Å². The van der Waals surface area contributed by atoms with Gasteiger partial charge >= 0.3 is 0 Å². The summed E-state index contributed by atoms with van der Waals surface area (Å²) in [6.45, 7) is 5.72. The van der Waals surface area contributed by atoms with Gasteiger partial charge in [-0.3, -0.25) is 0 Å². The summed E-state index contributed by atoms with van der Waals surface area (Å²) in [5.41, 5.74) is 2.07. The van der Waals surface area contributed by atoms with Crippen molar-refractivity contribution in [1.82, 2.24) is 5.16 Å². The Morgan fingerprint density at radius 2 is 1.89 bits per heavy atom. The molecule has 0 unspecified atom stereocenters. The molecule has 0 spiro atoms. The summed E-state index contributed by atoms with van der Waals surface area (Å²) in [5, 5.41) is 3.86. The summed E-state index contributed by atoms with van der Waals surface area (Å²) in [7, 11) is 0. The van der Waals surface area contributed by atoms with Crippen LogP contribution in [0.2, 0.25) is 0 Å². The van der Waals surface area contributed by atoms with Gasteiger partial charge in [0.1, 0.15) is 17.2 Å². The number of hydrogen-bond acceptors (Lipinski definition) is 4. The molecule has 0 aliphatic rings. The number of aromatic nitrogens is 1. The molecule has 0 bridgehead atoms. The summed E-state index contributed by atoms with van der Waals surface area (Å²) >= 11 is 0. The summed E-state index contributed by atoms with van der Waals surface area (Å²) in [6, 6.07) is 9.92. The first-order chi connectivity index (χ1) is 9.24. The van der Waals surface area contributed by atoms with Crippen molar-refractivity contribution >= 4 is 0 Å². The zero-order valence-electron chi connectivity index (χ0n) is 11.4. The molecule has 102 valence electrons. The van der Waals surface area contributed by atoms with E-state index >= 15 is 0 Å². The minimum atomic E-state index is 0.488. The Labute approximate surface area is 113 Å². The van der Waals surface area contributed by atoms with Crippen molar-refractivity contribution < 1.29 is 14.0 Å². The maximum atomic E-state index is 5.60. The zero-order valence-corrected chi connectivity index (χ0v) is 11.4. The first-order valence-electron chi connectivity index (χ1n) is 6.43. The molecule has 4 nitrogen and oxygen atoms in total. The van der Waals surface area contributed by atoms with E-state index in [9.17, 15) is 0 Å². The van der Waals surface area contributed by atoms with Crippen LogP contribution in [0.25, 0.3) is 0 Å². The van der Waals surface area contributed by atoms with E-state index in [2.05, 4.69) is 12.1 Å². The molecule has 1 aromatic heterocycles. The topological polar surface area (TPSA) is 44.5 Å². The summed E-state index contributed by atoms with van der Waals surface area (Å²) in [6.07, 6.45) is 0.852. The number of nitrogens with zero attached hydrogens (tertiary/aromatic N) is 1. The average molecular weight is 261 g/mol. The molecule has 0 aliphatic carbocycles. The van der Waals surface area contributed by atoms with Crippen LogP contribution in [0.1, 0.15) is 23.4 Å². The van der Waals surface area contributed by atoms with Crippen molar-refractivity contribution in [1.29, 1.82) is 0 Å². The summed E-state index contributed by atoms with van der Waals surface area (Å²) < 4.78 is 16.0. The van der Waals surface area contributed by atoms with Gasteiger partial charge in [-0.25, -0.2) is 0 Å². The second kappa shape index (κ2) is 6.95. The second-order valence-electron chi connectivity index (χ2n) is 4.50. The number of aryl methyl sites for hydroxylation is 2. The lowest BCUT2D eigenvalue weighted by atomic mass is 10.2. The maximum absolute atomic E-state index is 5.60. The molecular weight excluding hydrogens is 242 g/mol. The third-order valence-electron chi connectivity index (χ3n) is 2.65. The smallest absolute Gasteiger partial charge is 0.134 e. The van der Waals surface area contributed by atoms with Crippen molar-refractivity contribution in [2.45, 2.75) is 26.9 Å². The summed E-state index contributed by atoms with van der Waals surface area (Å²) in [5.74, 6) is 1.71. The first-order valence-corrected chi connectivity index (χ1v) is 6.43. The Morgan fingerprint density at radius 1 is 1.11 bits per heavy atom. The highest BCUT2D eigenvalue weighted by Gasteiger charge is 2.00. The monoisotopic (exact) mass is 261 g/mol. The van der Waals surface area contributed by atoms with E-state index in [4.69, 9.17) is 14.0 Å². The van der Waals surface area contributed by atoms with Gasteiger partial charge in [0.15, 0.2) is 0 Å². The highest BCUT2D eigenvalue weighted by molar-refractivity contribution is 5.26. The molecule has 0 N–H and O–H groups in total. The molecule has 0 saturated carbocycles. The van der Waals surface area contributed by atoms with Crippen molar-refractivity contribution in [3.63, 3.8) is 0 Å². The molecule has 0 amide bonds. The fourth-order valence-electron chi connectivity index (χ4n) is 1.65. The third kappa shape index (κ3) is 4.75. The fraction of sp³-hybridized carbons (Fsp3) is 0.400. The molecule has 0 atom stereocenters. The van der Waals surface area contributed by atoms with E-state index in [1.165, 1.54) is 5.56 Å². The third-order valence-corrected chi connectivity index (χ3v) is 2.65. The first kappa shape index (κ1) is 13.6. The van der Waals surface area contributed by atoms with E-state index in [-0.39, 0.29) is 0 Å². The minimum Gasteiger partial charge on any atom is -0.494 e. The van der Waals surface area contributed by atoms with Gasteiger partial charge in [0.25, 0.3) is 0 Å². The van der Waals surface area contributed by atoms with Gasteiger partial charge in [0, 0.05) is 12.5 Å². The fourth-order valence-corrected chi connectivity index (χ4v) is 1.65. The molecule has 2 aromatic rings. The molecule has 0 fully saturated rings. The van der Waals surface area contributed by atoms with Crippen molar-refractivity contribution in [3.8, 4) is 5.75 Å². The van der Waals surface area contributed by atoms with Gasteiger partial charge in [-0.2, -0.15) is 0 Å². The van der Waals surface area contributed by atoms with Crippen molar-refractivity contribution in [2.75, 3.05) is 13.2 Å². The lowest BCUT2D eigenvalue weighted by molar-refractivity contribution is 0.103. The van der Waals surface area contributed by atoms with Crippen molar-refractivity contribution in [3.05, 3.63) is 47.3 Å². The van der Waals surface area contributed by atoms with Gasteiger partial charge < -0.3 is 14.0 Å². The van der Waals surface area contributed by atoms with E-state index in [1.807, 2.05) is 37.3 Å². The van der Waals surface area contributed by atoms with E-state index in [0.717, 1.165) is 23.6 Å². The zero-order chi connectivity index (χ0) is 13.5. The van der Waals surface area contributed by atoms with Gasteiger partial charge in [-0.1, -0.05) is 22.9 Å². The van der Waals surface area contributed by atoms with E-state index in [1.54, 1.807) is 0 Å². The standard InChI is InChI=1S/C15H19NO3/c1-12-4-6-15(7-5-12)18-9-3-8-17-11-14-10-13(2)19-16-14/h4-7,10H,3,8-9,11H2,1-2H3. The second-order valence-corrected chi connectivity index (χ2v) is 4.50. The largest absolute Gasteiger partial charge is 0.494 e. The Kier molecular flexibility index (Phi) is 4.98. The number of rotatable bonds is 7. The van der Waals surface area contributed by atoms with Crippen LogP contribution in [0, 0.1) is 13.8 Å². The molecule has 0 radical (unpaired) electrons. The van der Waals surface area contributed by atoms with Crippen LogP contribution in [0.4, 0.5) is 0 Å². The van der Waals surface area contributed by atoms with Crippen LogP contribution in [0.15, 0.2) is 34.9 Å². The van der Waals surface area contributed by atoms with Crippen LogP contribution in [0.5, 0.6) is 5.75 Å². The minimum absolute atomic E-state index is 0.488. The molecule has 0 saturated heterocycles. The predicted molar refractivity (Wildman–Crippen MR) is 72.2 cm³/mol. The molecule has 1 heterocycles. The maximum Gasteiger partial charge on any atom is 0.134 e. The van der Waals surface area contributed by atoms with Gasteiger partial charge in [0.2, 0.25) is 0 Å². The normalized spacial score (nSPS) is 10.6. The van der Waals surface area contributed by atoms with Crippen LogP contribution in [-0.4, -0.2) is 18.4 Å². The number of hydrogen-bond donors (Lipinski definition) is 0. The lowest BCUT2D eigenvalue weighted by Crippen LogP contribution is -2.03. The van der Waals surface area contributed by atoms with Crippen molar-refractivity contribution in [2.24, 2.45) is 0 Å². The molecule has 0 aliphatic heterocycles. The molecule has 19 heavy (non-hydrogen) atoms. The van der Waals surface area contributed by atoms with Crippen LogP contribution in [-0.2, 0) is 11.3 Å². The SMILES string of the molecule is Cc1ccc(OCCCOCc2cc(C)on2)cc1. The Morgan fingerprint density at radius 3 is 2.58 bits per heavy atom. The summed E-state index contributed by atoms with van der Waals surface area (Å²) in [4.78, 5) is 0. The van der Waals surface area contributed by atoms with E-state index < -0.39 is 0 Å². The Bertz CT molecular complexity index is 490. The number of ether oxygens (including phenoxy) is 2. The van der Waals surface area contributed by atoms with E-state index in [0.29, 0.717) is 19.8 Å². The predicted octanol–water partition coefficient (Wildman–Crippen LogP) is 3.28. The van der Waals surface area contributed by atoms with Gasteiger partial charge in [-0.05, 0) is 26.0 Å². The molecule has 1 aromatic carbocycles. The van der Waals surface area contributed by atoms with Gasteiger partial charge in [0.05, 0.1) is 19.8 Å². The highest BCUT2D eigenvalue weighted by atomic mass is 16.5. The average Bonchev–Trinajstić information content (AvgIpc) is 2.81. The Balaban J connectivity index is 1.56. The Hall–Kier alpha value is -1.81. The lowest BCUT2D eigenvalue weighted by Gasteiger charge is -2.06. The van der Waals surface area contributed by atoms with Crippen LogP contribution >= 0.6 is 0 Å².